The number of carbonyl (C=O) groups is 1. The van der Waals surface area contributed by atoms with Crippen LogP contribution in [-0.4, -0.2) is 11.9 Å². The van der Waals surface area contributed by atoms with Crippen molar-refractivity contribution in [2.45, 2.75) is 26.9 Å². The van der Waals surface area contributed by atoms with Gasteiger partial charge in [-0.05, 0) is 38.5 Å². The second-order valence-corrected chi connectivity index (χ2v) is 3.71. The number of Topliss-reactive ketones (excluding diaryl/α,β-unsaturated/α-hetero) is 1. The predicted octanol–water partition coefficient (Wildman–Crippen LogP) is 3.00. The molecule has 76 valence electrons. The number of hydrogen-bond acceptors (Lipinski definition) is 2. The second kappa shape index (κ2) is 4.47. The number of aryl methyl sites for hydroxylation is 1. The molecule has 0 spiro atoms. The number of halogens is 1. The molecule has 0 amide bonds. The third-order valence-electron chi connectivity index (χ3n) is 1.96. The Labute approximate surface area is 88.8 Å². The molecule has 0 aliphatic carbocycles. The van der Waals surface area contributed by atoms with E-state index < -0.39 is 6.10 Å². The Bertz CT molecular complexity index is 347. The quantitative estimate of drug-likeness (QED) is 0.770. The molecule has 3 heteroatoms. The van der Waals surface area contributed by atoms with Crippen LogP contribution in [0.5, 0.6) is 5.75 Å². The maximum atomic E-state index is 11.0. The standard InChI is InChI=1S/C11H13ClO2/c1-7-4-5-11(10(12)6-7)14-9(3)8(2)13/h4-6,9H,1-3H3. The first-order valence-corrected chi connectivity index (χ1v) is 4.81. The van der Waals surface area contributed by atoms with E-state index in [0.29, 0.717) is 10.8 Å². The maximum absolute atomic E-state index is 11.0. The van der Waals surface area contributed by atoms with Gasteiger partial charge in [-0.3, -0.25) is 4.79 Å². The van der Waals surface area contributed by atoms with E-state index in [-0.39, 0.29) is 5.78 Å². The van der Waals surface area contributed by atoms with Crippen LogP contribution in [0.2, 0.25) is 5.02 Å². The van der Waals surface area contributed by atoms with Gasteiger partial charge in [-0.2, -0.15) is 0 Å². The minimum atomic E-state index is -0.449. The van der Waals surface area contributed by atoms with E-state index in [1.54, 1.807) is 13.0 Å². The molecule has 0 aliphatic rings. The van der Waals surface area contributed by atoms with Gasteiger partial charge in [0.1, 0.15) is 5.75 Å². The Morgan fingerprint density at radius 2 is 2.14 bits per heavy atom. The van der Waals surface area contributed by atoms with Gasteiger partial charge in [0.25, 0.3) is 0 Å². The minimum Gasteiger partial charge on any atom is -0.481 e. The average molecular weight is 213 g/mol. The SMILES string of the molecule is CC(=O)C(C)Oc1ccc(C)cc1Cl. The Morgan fingerprint density at radius 1 is 1.50 bits per heavy atom. The highest BCUT2D eigenvalue weighted by atomic mass is 35.5. The van der Waals surface area contributed by atoms with Gasteiger partial charge < -0.3 is 4.74 Å². The van der Waals surface area contributed by atoms with Gasteiger partial charge in [0.05, 0.1) is 5.02 Å². The lowest BCUT2D eigenvalue weighted by atomic mass is 10.2. The lowest BCUT2D eigenvalue weighted by Gasteiger charge is -2.12. The van der Waals surface area contributed by atoms with Crippen LogP contribution in [0.1, 0.15) is 19.4 Å². The predicted molar refractivity (Wildman–Crippen MR) is 57.0 cm³/mol. The molecule has 2 nitrogen and oxygen atoms in total. The summed E-state index contributed by atoms with van der Waals surface area (Å²) in [6.45, 7) is 5.15. The smallest absolute Gasteiger partial charge is 0.169 e. The molecule has 0 radical (unpaired) electrons. The van der Waals surface area contributed by atoms with Crippen LogP contribution in [0.15, 0.2) is 18.2 Å². The van der Waals surface area contributed by atoms with Crippen molar-refractivity contribution in [3.05, 3.63) is 28.8 Å². The van der Waals surface area contributed by atoms with Crippen LogP contribution < -0.4 is 4.74 Å². The third kappa shape index (κ3) is 2.74. The van der Waals surface area contributed by atoms with Gasteiger partial charge >= 0.3 is 0 Å². The van der Waals surface area contributed by atoms with Crippen molar-refractivity contribution in [3.8, 4) is 5.75 Å². The molecule has 1 aromatic rings. The van der Waals surface area contributed by atoms with Gasteiger partial charge in [-0.25, -0.2) is 0 Å². The van der Waals surface area contributed by atoms with Crippen molar-refractivity contribution >= 4 is 17.4 Å². The van der Waals surface area contributed by atoms with Crippen LogP contribution in [0.25, 0.3) is 0 Å². The van der Waals surface area contributed by atoms with Crippen molar-refractivity contribution in [1.29, 1.82) is 0 Å². The summed E-state index contributed by atoms with van der Waals surface area (Å²) in [6, 6.07) is 5.48. The van der Waals surface area contributed by atoms with E-state index in [1.165, 1.54) is 6.92 Å². The van der Waals surface area contributed by atoms with Crippen LogP contribution in [0.3, 0.4) is 0 Å². The Hall–Kier alpha value is -1.02. The summed E-state index contributed by atoms with van der Waals surface area (Å²) in [5, 5.41) is 0.540. The van der Waals surface area contributed by atoms with Gasteiger partial charge in [0, 0.05) is 0 Å². The molecule has 0 heterocycles. The number of hydrogen-bond donors (Lipinski definition) is 0. The second-order valence-electron chi connectivity index (χ2n) is 3.30. The summed E-state index contributed by atoms with van der Waals surface area (Å²) in [7, 11) is 0. The van der Waals surface area contributed by atoms with Crippen LogP contribution in [-0.2, 0) is 4.79 Å². The summed E-state index contributed by atoms with van der Waals surface area (Å²) < 4.78 is 5.38. The number of ketones is 1. The highest BCUT2D eigenvalue weighted by Crippen LogP contribution is 2.26. The molecule has 0 saturated heterocycles. The molecular formula is C11H13ClO2. The topological polar surface area (TPSA) is 26.3 Å². The van der Waals surface area contributed by atoms with E-state index in [1.807, 2.05) is 19.1 Å². The van der Waals surface area contributed by atoms with Crippen molar-refractivity contribution in [2.24, 2.45) is 0 Å². The minimum absolute atomic E-state index is 0.0124. The molecule has 1 aromatic carbocycles. The van der Waals surface area contributed by atoms with E-state index in [4.69, 9.17) is 16.3 Å². The summed E-state index contributed by atoms with van der Waals surface area (Å²) in [5.74, 6) is 0.543. The molecule has 14 heavy (non-hydrogen) atoms. The monoisotopic (exact) mass is 212 g/mol. The molecule has 1 rings (SSSR count). The normalized spacial score (nSPS) is 12.3. The summed E-state index contributed by atoms with van der Waals surface area (Å²) >= 11 is 5.94. The molecule has 0 N–H and O–H groups in total. The highest BCUT2D eigenvalue weighted by Gasteiger charge is 2.11. The Kier molecular flexibility index (Phi) is 3.53. The van der Waals surface area contributed by atoms with Crippen molar-refractivity contribution in [3.63, 3.8) is 0 Å². The van der Waals surface area contributed by atoms with Crippen LogP contribution in [0, 0.1) is 6.92 Å². The van der Waals surface area contributed by atoms with Crippen molar-refractivity contribution in [2.75, 3.05) is 0 Å². The zero-order valence-electron chi connectivity index (χ0n) is 8.50. The van der Waals surface area contributed by atoms with E-state index in [2.05, 4.69) is 0 Å². The molecular weight excluding hydrogens is 200 g/mol. The molecule has 0 saturated carbocycles. The first-order chi connectivity index (χ1) is 6.50. The molecule has 0 fully saturated rings. The molecule has 1 unspecified atom stereocenters. The molecule has 0 bridgehead atoms. The van der Waals surface area contributed by atoms with Gasteiger partial charge in [-0.1, -0.05) is 17.7 Å². The fraction of sp³-hybridized carbons (Fsp3) is 0.364. The van der Waals surface area contributed by atoms with Crippen molar-refractivity contribution < 1.29 is 9.53 Å². The van der Waals surface area contributed by atoms with E-state index >= 15 is 0 Å². The molecule has 0 aromatic heterocycles. The van der Waals surface area contributed by atoms with E-state index in [9.17, 15) is 4.79 Å². The average Bonchev–Trinajstić information content (AvgIpc) is 2.09. The van der Waals surface area contributed by atoms with Gasteiger partial charge in [0.2, 0.25) is 0 Å². The lowest BCUT2D eigenvalue weighted by Crippen LogP contribution is -2.20. The number of benzene rings is 1. The molecule has 1 atom stereocenters. The fourth-order valence-electron chi connectivity index (χ4n) is 0.975. The Morgan fingerprint density at radius 3 is 2.64 bits per heavy atom. The highest BCUT2D eigenvalue weighted by molar-refractivity contribution is 6.32. The van der Waals surface area contributed by atoms with Crippen molar-refractivity contribution in [1.82, 2.24) is 0 Å². The summed E-state index contributed by atoms with van der Waals surface area (Å²) in [5.41, 5.74) is 1.07. The number of ether oxygens (including phenoxy) is 1. The van der Waals surface area contributed by atoms with Gasteiger partial charge in [0.15, 0.2) is 11.9 Å². The number of carbonyl (C=O) groups excluding carboxylic acids is 1. The molecule has 0 aliphatic heterocycles. The fourth-order valence-corrected chi connectivity index (χ4v) is 1.25. The summed E-state index contributed by atoms with van der Waals surface area (Å²) in [4.78, 5) is 11.0. The lowest BCUT2D eigenvalue weighted by molar-refractivity contribution is -0.122. The first kappa shape index (κ1) is 11.1. The zero-order chi connectivity index (χ0) is 10.7. The van der Waals surface area contributed by atoms with Crippen LogP contribution >= 0.6 is 11.6 Å². The largest absolute Gasteiger partial charge is 0.481 e. The van der Waals surface area contributed by atoms with Crippen LogP contribution in [0.4, 0.5) is 0 Å². The number of rotatable bonds is 3. The third-order valence-corrected chi connectivity index (χ3v) is 2.26. The van der Waals surface area contributed by atoms with E-state index in [0.717, 1.165) is 5.56 Å². The first-order valence-electron chi connectivity index (χ1n) is 4.44. The zero-order valence-corrected chi connectivity index (χ0v) is 9.26. The summed E-state index contributed by atoms with van der Waals surface area (Å²) in [6.07, 6.45) is -0.449. The van der Waals surface area contributed by atoms with Gasteiger partial charge in [-0.15, -0.1) is 0 Å². The maximum Gasteiger partial charge on any atom is 0.169 e. The Balaban J connectivity index is 2.82.